The van der Waals surface area contributed by atoms with E-state index in [4.69, 9.17) is 6.57 Å². The second-order valence-electron chi connectivity index (χ2n) is 3.11. The fraction of sp³-hybridized carbons (Fsp3) is 0.875. The molecule has 1 saturated heterocycles. The Morgan fingerprint density at radius 1 is 1.30 bits per heavy atom. The highest BCUT2D eigenvalue weighted by molar-refractivity contribution is 4.81. The van der Waals surface area contributed by atoms with Crippen LogP contribution < -0.4 is 0 Å². The molecule has 56 valence electrons. The van der Waals surface area contributed by atoms with Crippen LogP contribution >= 0.6 is 0 Å². The lowest BCUT2D eigenvalue weighted by Crippen LogP contribution is -2.38. The van der Waals surface area contributed by atoms with Crippen LogP contribution in [-0.4, -0.2) is 17.1 Å². The van der Waals surface area contributed by atoms with E-state index in [0.29, 0.717) is 12.1 Å². The zero-order valence-corrected chi connectivity index (χ0v) is 6.67. The zero-order chi connectivity index (χ0) is 7.56. The normalized spacial score (nSPS) is 33.5. The van der Waals surface area contributed by atoms with Gasteiger partial charge in [-0.3, -0.25) is 0 Å². The first kappa shape index (κ1) is 7.40. The highest BCUT2D eigenvalue weighted by Crippen LogP contribution is 2.22. The molecule has 0 saturated carbocycles. The minimum atomic E-state index is 0.473. The summed E-state index contributed by atoms with van der Waals surface area (Å²) in [6, 6.07) is 0.947. The first-order chi connectivity index (χ1) is 4.75. The van der Waals surface area contributed by atoms with E-state index in [-0.39, 0.29) is 0 Å². The predicted octanol–water partition coefficient (Wildman–Crippen LogP) is 2.08. The van der Waals surface area contributed by atoms with Crippen LogP contribution in [0.4, 0.5) is 0 Å². The summed E-state index contributed by atoms with van der Waals surface area (Å²) in [5.41, 5.74) is 0. The van der Waals surface area contributed by atoms with Crippen LogP contribution in [0, 0.1) is 6.57 Å². The van der Waals surface area contributed by atoms with Crippen LogP contribution in [0.15, 0.2) is 0 Å². The van der Waals surface area contributed by atoms with Crippen molar-refractivity contribution in [3.63, 3.8) is 0 Å². The van der Waals surface area contributed by atoms with Gasteiger partial charge in [-0.2, -0.15) is 11.5 Å². The van der Waals surface area contributed by atoms with E-state index in [0.717, 1.165) is 0 Å². The van der Waals surface area contributed by atoms with Gasteiger partial charge in [0.15, 0.2) is 0 Å². The smallest absolute Gasteiger partial charge is 0.0943 e. The molecule has 0 aliphatic carbocycles. The molecule has 0 aromatic carbocycles. The second-order valence-corrected chi connectivity index (χ2v) is 3.11. The van der Waals surface area contributed by atoms with Crippen molar-refractivity contribution in [1.29, 1.82) is 0 Å². The molecule has 0 aromatic heterocycles. The molecule has 1 aliphatic rings. The predicted molar refractivity (Wildman–Crippen MR) is 41.2 cm³/mol. The van der Waals surface area contributed by atoms with E-state index in [1.54, 1.807) is 0 Å². The monoisotopic (exact) mass is 138 g/mol. The lowest BCUT2D eigenvalue weighted by Gasteiger charge is -2.28. The molecular weight excluding hydrogens is 124 g/mol. The van der Waals surface area contributed by atoms with Gasteiger partial charge in [-0.25, -0.2) is 0 Å². The van der Waals surface area contributed by atoms with Crippen LogP contribution in [0.3, 0.4) is 0 Å². The molecule has 1 aliphatic heterocycles. The molecule has 2 nitrogen and oxygen atoms in total. The summed E-state index contributed by atoms with van der Waals surface area (Å²) < 4.78 is 0. The van der Waals surface area contributed by atoms with Gasteiger partial charge in [0.05, 0.1) is 12.1 Å². The quantitative estimate of drug-likeness (QED) is 0.465. The highest BCUT2D eigenvalue weighted by Gasteiger charge is 2.27. The fourth-order valence-corrected chi connectivity index (χ4v) is 1.60. The molecule has 0 aromatic rings. The van der Waals surface area contributed by atoms with Crippen molar-refractivity contribution in [3.05, 3.63) is 11.5 Å². The largest absolute Gasteiger partial charge is 0.184 e. The van der Waals surface area contributed by atoms with Crippen LogP contribution in [-0.2, 0) is 0 Å². The Labute approximate surface area is 62.6 Å². The summed E-state index contributed by atoms with van der Waals surface area (Å²) in [5, 5.41) is 1.89. The molecule has 1 heterocycles. The maximum Gasteiger partial charge on any atom is 0.0943 e. The minimum Gasteiger partial charge on any atom is -0.184 e. The Hall–Kier alpha value is -0.710. The minimum absolute atomic E-state index is 0.473. The number of rotatable bonds is 0. The molecule has 1 fully saturated rings. The summed E-state index contributed by atoms with van der Waals surface area (Å²) in [6.45, 7) is 11.2. The lowest BCUT2D eigenvalue weighted by atomic mass is 10.00. The van der Waals surface area contributed by atoms with Crippen LogP contribution in [0.2, 0.25) is 0 Å². The molecule has 0 N–H and O–H groups in total. The fourth-order valence-electron chi connectivity index (χ4n) is 1.60. The van der Waals surface area contributed by atoms with Crippen molar-refractivity contribution in [3.8, 4) is 0 Å². The van der Waals surface area contributed by atoms with Crippen molar-refractivity contribution in [2.45, 2.75) is 45.2 Å². The SMILES string of the molecule is [C-]#[N+]N1C(C)CCCC1C. The van der Waals surface area contributed by atoms with Gasteiger partial charge in [0.2, 0.25) is 0 Å². The second kappa shape index (κ2) is 2.92. The number of hydrogen-bond donors (Lipinski definition) is 0. The van der Waals surface area contributed by atoms with Gasteiger partial charge in [0, 0.05) is 0 Å². The van der Waals surface area contributed by atoms with Crippen LogP contribution in [0.25, 0.3) is 4.95 Å². The first-order valence-electron chi connectivity index (χ1n) is 3.91. The van der Waals surface area contributed by atoms with E-state index >= 15 is 0 Å². The zero-order valence-electron chi connectivity index (χ0n) is 6.67. The van der Waals surface area contributed by atoms with E-state index in [1.165, 1.54) is 19.3 Å². The molecule has 10 heavy (non-hydrogen) atoms. The van der Waals surface area contributed by atoms with Gasteiger partial charge in [-0.15, -0.1) is 5.01 Å². The molecule has 0 spiro atoms. The first-order valence-corrected chi connectivity index (χ1v) is 3.91. The van der Waals surface area contributed by atoms with Crippen LogP contribution in [0.5, 0.6) is 0 Å². The van der Waals surface area contributed by atoms with Crippen molar-refractivity contribution in [2.75, 3.05) is 0 Å². The van der Waals surface area contributed by atoms with Gasteiger partial charge in [-0.05, 0) is 33.1 Å². The molecule has 0 bridgehead atoms. The third kappa shape index (κ3) is 1.23. The Bertz CT molecular complexity index is 138. The lowest BCUT2D eigenvalue weighted by molar-refractivity contribution is 0.160. The third-order valence-electron chi connectivity index (χ3n) is 2.26. The summed E-state index contributed by atoms with van der Waals surface area (Å²) >= 11 is 0. The standard InChI is InChI=1S/C8H14N2/c1-7-5-4-6-8(2)10(7)9-3/h7-8H,4-6H2,1-2H3. The number of nitrogens with zero attached hydrogens (tertiary/aromatic N) is 2. The van der Waals surface area contributed by atoms with Crippen molar-refractivity contribution < 1.29 is 0 Å². The van der Waals surface area contributed by atoms with E-state index in [1.807, 2.05) is 5.01 Å². The number of hydrogen-bond acceptors (Lipinski definition) is 1. The van der Waals surface area contributed by atoms with Crippen molar-refractivity contribution in [1.82, 2.24) is 5.01 Å². The Morgan fingerprint density at radius 2 is 1.80 bits per heavy atom. The van der Waals surface area contributed by atoms with E-state index in [2.05, 4.69) is 18.8 Å². The van der Waals surface area contributed by atoms with Gasteiger partial charge < -0.3 is 0 Å². The molecule has 0 radical (unpaired) electrons. The molecule has 2 heteroatoms. The van der Waals surface area contributed by atoms with Gasteiger partial charge >= 0.3 is 0 Å². The van der Waals surface area contributed by atoms with Gasteiger partial charge in [0.1, 0.15) is 0 Å². The topological polar surface area (TPSA) is 7.60 Å². The van der Waals surface area contributed by atoms with E-state index in [9.17, 15) is 0 Å². The maximum atomic E-state index is 6.91. The Balaban J connectivity index is 2.56. The summed E-state index contributed by atoms with van der Waals surface area (Å²) in [5.74, 6) is 0. The summed E-state index contributed by atoms with van der Waals surface area (Å²) in [6.07, 6.45) is 3.66. The highest BCUT2D eigenvalue weighted by atomic mass is 15.5. The number of piperidine rings is 1. The van der Waals surface area contributed by atoms with Crippen LogP contribution in [0.1, 0.15) is 33.1 Å². The van der Waals surface area contributed by atoms with Crippen molar-refractivity contribution >= 4 is 0 Å². The Kier molecular flexibility index (Phi) is 2.16. The Morgan fingerprint density at radius 3 is 2.10 bits per heavy atom. The molecule has 2 atom stereocenters. The molecule has 2 unspecified atom stereocenters. The summed E-state index contributed by atoms with van der Waals surface area (Å²) in [7, 11) is 0. The van der Waals surface area contributed by atoms with Gasteiger partial charge in [-0.1, -0.05) is 0 Å². The summed E-state index contributed by atoms with van der Waals surface area (Å²) in [4.78, 5) is 3.49. The third-order valence-corrected chi connectivity index (χ3v) is 2.26. The molecule has 1 rings (SSSR count). The van der Waals surface area contributed by atoms with Gasteiger partial charge in [0.25, 0.3) is 0 Å². The average Bonchev–Trinajstić information content (AvgIpc) is 1.88. The maximum absolute atomic E-state index is 6.91. The molecule has 0 amide bonds. The van der Waals surface area contributed by atoms with E-state index < -0.39 is 0 Å². The molecular formula is C8H14N2. The van der Waals surface area contributed by atoms with Crippen molar-refractivity contribution in [2.24, 2.45) is 0 Å². The average molecular weight is 138 g/mol.